The molecular weight excluding hydrogens is 337 g/mol. The molecule has 1 aromatic heterocycles. The summed E-state index contributed by atoms with van der Waals surface area (Å²) < 4.78 is 16.1. The van der Waals surface area contributed by atoms with Crippen LogP contribution in [-0.4, -0.2) is 26.1 Å². The molecule has 0 amide bonds. The maximum atomic E-state index is 14.5. The lowest BCUT2D eigenvalue weighted by Crippen LogP contribution is -2.40. The summed E-state index contributed by atoms with van der Waals surface area (Å²) in [7, 11) is 0. The van der Waals surface area contributed by atoms with Crippen molar-refractivity contribution < 1.29 is 9.50 Å². The van der Waals surface area contributed by atoms with E-state index in [2.05, 4.69) is 10.1 Å². The molecule has 3 rings (SSSR count). The number of benzene rings is 1. The molecule has 0 aliphatic heterocycles. The fourth-order valence-corrected chi connectivity index (χ4v) is 3.68. The third kappa shape index (κ3) is 3.25. The third-order valence-corrected chi connectivity index (χ3v) is 5.55. The predicted molar refractivity (Wildman–Crippen MR) is 89.0 cm³/mol. The van der Waals surface area contributed by atoms with Crippen LogP contribution in [0.15, 0.2) is 29.7 Å². The van der Waals surface area contributed by atoms with Crippen LogP contribution in [-0.2, 0) is 12.1 Å². The highest BCUT2D eigenvalue weighted by Crippen LogP contribution is 2.47. The largest absolute Gasteiger partial charge is 0.383 e. The highest BCUT2D eigenvalue weighted by Gasteiger charge is 2.46. The molecule has 1 N–H and O–H groups in total. The number of aromatic nitrogens is 3. The lowest BCUT2D eigenvalue weighted by atomic mass is 9.79. The Hall–Kier alpha value is -1.11. The average Bonchev–Trinajstić information content (AvgIpc) is 3.26. The van der Waals surface area contributed by atoms with E-state index in [0.717, 1.165) is 12.8 Å². The van der Waals surface area contributed by atoms with E-state index >= 15 is 0 Å². The van der Waals surface area contributed by atoms with Crippen LogP contribution in [0.1, 0.15) is 25.3 Å². The van der Waals surface area contributed by atoms with Crippen LogP contribution < -0.4 is 0 Å². The van der Waals surface area contributed by atoms with Crippen molar-refractivity contribution in [2.45, 2.75) is 37.1 Å². The molecular formula is C16H19ClFN3OS. The summed E-state index contributed by atoms with van der Waals surface area (Å²) in [6.07, 6.45) is 5.47. The summed E-state index contributed by atoms with van der Waals surface area (Å²) in [5.41, 5.74) is -1.09. The second kappa shape index (κ2) is 6.42. The Balaban J connectivity index is 2.03. The van der Waals surface area contributed by atoms with Crippen LogP contribution in [0.25, 0.3) is 0 Å². The fourth-order valence-electron chi connectivity index (χ4n) is 3.05. The van der Waals surface area contributed by atoms with E-state index in [4.69, 9.17) is 11.6 Å². The number of rotatable bonds is 6. The molecule has 0 spiro atoms. The number of nitrogens with zero attached hydrogens (tertiary/aromatic N) is 3. The Morgan fingerprint density at radius 2 is 2.26 bits per heavy atom. The molecule has 1 aliphatic rings. The van der Waals surface area contributed by atoms with Gasteiger partial charge in [-0.1, -0.05) is 36.4 Å². The summed E-state index contributed by atoms with van der Waals surface area (Å²) in [5, 5.41) is 16.6. The quantitative estimate of drug-likeness (QED) is 0.802. The van der Waals surface area contributed by atoms with E-state index in [1.54, 1.807) is 16.8 Å². The van der Waals surface area contributed by atoms with Crippen molar-refractivity contribution in [2.24, 2.45) is 11.8 Å². The zero-order valence-corrected chi connectivity index (χ0v) is 14.6. The van der Waals surface area contributed by atoms with Gasteiger partial charge in [-0.2, -0.15) is 5.10 Å². The minimum absolute atomic E-state index is 0.0860. The molecule has 124 valence electrons. The van der Waals surface area contributed by atoms with Crippen LogP contribution in [0.3, 0.4) is 0 Å². The number of aliphatic hydroxyl groups is 1. The van der Waals surface area contributed by atoms with E-state index in [0.29, 0.717) is 16.1 Å². The minimum atomic E-state index is -1.35. The Morgan fingerprint density at radius 3 is 2.87 bits per heavy atom. The first-order valence-electron chi connectivity index (χ1n) is 7.55. The van der Waals surface area contributed by atoms with E-state index in [1.165, 1.54) is 24.2 Å². The molecule has 23 heavy (non-hydrogen) atoms. The smallest absolute Gasteiger partial charge is 0.185 e. The maximum absolute atomic E-state index is 14.5. The van der Waals surface area contributed by atoms with Crippen molar-refractivity contribution in [1.29, 1.82) is 0 Å². The average molecular weight is 356 g/mol. The molecule has 2 unspecified atom stereocenters. The molecule has 2 atom stereocenters. The molecule has 1 saturated carbocycles. The lowest BCUT2D eigenvalue weighted by molar-refractivity contribution is -0.0489. The first-order valence-corrected chi connectivity index (χ1v) is 9.15. The summed E-state index contributed by atoms with van der Waals surface area (Å²) in [4.78, 5) is 4.16. The number of halogens is 2. The summed E-state index contributed by atoms with van der Waals surface area (Å²) in [5.74, 6) is -0.174. The minimum Gasteiger partial charge on any atom is -0.383 e. The molecule has 0 radical (unpaired) electrons. The highest BCUT2D eigenvalue weighted by atomic mass is 35.5. The van der Waals surface area contributed by atoms with Crippen LogP contribution in [0.2, 0.25) is 5.02 Å². The van der Waals surface area contributed by atoms with Gasteiger partial charge in [0.1, 0.15) is 17.7 Å². The van der Waals surface area contributed by atoms with Gasteiger partial charge in [-0.15, -0.1) is 0 Å². The van der Waals surface area contributed by atoms with Crippen LogP contribution in [0.4, 0.5) is 4.39 Å². The highest BCUT2D eigenvalue weighted by molar-refractivity contribution is 7.98. The number of thioether (sulfide) groups is 1. The molecule has 0 saturated heterocycles. The van der Waals surface area contributed by atoms with Gasteiger partial charge in [-0.25, -0.2) is 14.1 Å². The monoisotopic (exact) mass is 355 g/mol. The van der Waals surface area contributed by atoms with Gasteiger partial charge in [0.25, 0.3) is 0 Å². The zero-order chi connectivity index (χ0) is 16.6. The summed E-state index contributed by atoms with van der Waals surface area (Å²) in [6.45, 7) is 2.14. The Kier molecular flexibility index (Phi) is 4.67. The summed E-state index contributed by atoms with van der Waals surface area (Å²) >= 11 is 7.30. The van der Waals surface area contributed by atoms with Crippen molar-refractivity contribution in [3.63, 3.8) is 0 Å². The Labute approximate surface area is 144 Å². The number of hydrogen-bond donors (Lipinski definition) is 1. The standard InChI is InChI=1S/C16H19ClFN3OS/c1-10(11-3-4-11)16(22,8-21-15(23-2)19-9-20-21)13-6-5-12(17)7-14(13)18/h5-7,9-11,22H,3-4,8H2,1-2H3. The Morgan fingerprint density at radius 1 is 1.52 bits per heavy atom. The molecule has 4 nitrogen and oxygen atoms in total. The van der Waals surface area contributed by atoms with Gasteiger partial charge in [-0.05, 0) is 43.1 Å². The summed E-state index contributed by atoms with van der Waals surface area (Å²) in [6, 6.07) is 4.44. The van der Waals surface area contributed by atoms with Crippen molar-refractivity contribution in [3.8, 4) is 0 Å². The van der Waals surface area contributed by atoms with Gasteiger partial charge >= 0.3 is 0 Å². The van der Waals surface area contributed by atoms with Gasteiger partial charge in [0, 0.05) is 10.6 Å². The molecule has 1 aliphatic carbocycles. The van der Waals surface area contributed by atoms with Crippen molar-refractivity contribution in [2.75, 3.05) is 6.26 Å². The molecule has 7 heteroatoms. The fraction of sp³-hybridized carbons (Fsp3) is 0.500. The van der Waals surface area contributed by atoms with Gasteiger partial charge in [0.05, 0.1) is 6.54 Å². The molecule has 0 bridgehead atoms. The van der Waals surface area contributed by atoms with Gasteiger partial charge < -0.3 is 5.11 Å². The van der Waals surface area contributed by atoms with Gasteiger partial charge in [0.15, 0.2) is 5.16 Å². The second-order valence-corrected chi connectivity index (χ2v) is 7.29. The Bertz CT molecular complexity index is 706. The third-order valence-electron chi connectivity index (χ3n) is 4.63. The predicted octanol–water partition coefficient (Wildman–Crippen LogP) is 3.73. The molecule has 1 aromatic carbocycles. The first kappa shape index (κ1) is 16.7. The SMILES string of the molecule is CSc1ncnn1CC(O)(c1ccc(Cl)cc1F)C(C)C1CC1. The van der Waals surface area contributed by atoms with Crippen LogP contribution in [0.5, 0.6) is 0 Å². The molecule has 1 heterocycles. The van der Waals surface area contributed by atoms with Crippen molar-refractivity contribution in [3.05, 3.63) is 40.9 Å². The van der Waals surface area contributed by atoms with Crippen molar-refractivity contribution >= 4 is 23.4 Å². The van der Waals surface area contributed by atoms with Gasteiger partial charge in [0.2, 0.25) is 0 Å². The van der Waals surface area contributed by atoms with Crippen LogP contribution >= 0.6 is 23.4 Å². The molecule has 2 aromatic rings. The van der Waals surface area contributed by atoms with Crippen molar-refractivity contribution in [1.82, 2.24) is 14.8 Å². The lowest BCUT2D eigenvalue weighted by Gasteiger charge is -2.35. The number of hydrogen-bond acceptors (Lipinski definition) is 4. The maximum Gasteiger partial charge on any atom is 0.185 e. The van der Waals surface area contributed by atoms with Crippen LogP contribution in [0, 0.1) is 17.7 Å². The van der Waals surface area contributed by atoms with E-state index in [1.807, 2.05) is 13.2 Å². The molecule has 1 fully saturated rings. The topological polar surface area (TPSA) is 50.9 Å². The second-order valence-electron chi connectivity index (χ2n) is 6.08. The normalized spacial score (nSPS) is 18.7. The van der Waals surface area contributed by atoms with E-state index < -0.39 is 11.4 Å². The zero-order valence-electron chi connectivity index (χ0n) is 13.0. The van der Waals surface area contributed by atoms with E-state index in [-0.39, 0.29) is 18.0 Å². The van der Waals surface area contributed by atoms with E-state index in [9.17, 15) is 9.50 Å². The van der Waals surface area contributed by atoms with Gasteiger partial charge in [-0.3, -0.25) is 0 Å². The first-order chi connectivity index (χ1) is 11.0.